The number of carbonyl (C=O) groups excluding carboxylic acids is 3. The molecule has 1 aliphatic rings. The molecular weight excluding hydrogens is 456 g/mol. The number of sulfonamides is 1. The van der Waals surface area contributed by atoms with E-state index >= 15 is 0 Å². The number of benzene rings is 3. The van der Waals surface area contributed by atoms with Gasteiger partial charge in [-0.3, -0.25) is 14.4 Å². The monoisotopic (exact) mass is 478 g/mol. The van der Waals surface area contributed by atoms with E-state index in [2.05, 4.69) is 10.0 Å². The summed E-state index contributed by atoms with van der Waals surface area (Å²) in [6.07, 6.45) is 0.355. The maximum Gasteiger partial charge on any atom is 0.241 e. The summed E-state index contributed by atoms with van der Waals surface area (Å²) in [6.45, 7) is 1.70. The summed E-state index contributed by atoms with van der Waals surface area (Å²) in [5, 5.41) is 2.66. The number of nitrogens with one attached hydrogen (secondary N) is 2. The van der Waals surface area contributed by atoms with Gasteiger partial charge in [-0.2, -0.15) is 0 Å². The number of rotatable bonds is 8. The third-order valence-corrected chi connectivity index (χ3v) is 6.74. The predicted octanol–water partition coefficient (Wildman–Crippen LogP) is 3.17. The van der Waals surface area contributed by atoms with Gasteiger partial charge in [0, 0.05) is 41.9 Å². The first-order chi connectivity index (χ1) is 16.3. The Labute approximate surface area is 197 Å². The Morgan fingerprint density at radius 1 is 0.882 bits per heavy atom. The quantitative estimate of drug-likeness (QED) is 0.376. The fourth-order valence-electron chi connectivity index (χ4n) is 3.75. The van der Waals surface area contributed by atoms with E-state index in [9.17, 15) is 22.8 Å². The predicted molar refractivity (Wildman–Crippen MR) is 126 cm³/mol. The average Bonchev–Trinajstić information content (AvgIpc) is 2.81. The van der Waals surface area contributed by atoms with E-state index in [0.29, 0.717) is 17.9 Å². The maximum atomic E-state index is 13.1. The van der Waals surface area contributed by atoms with Crippen molar-refractivity contribution < 1.29 is 27.5 Å². The van der Waals surface area contributed by atoms with Gasteiger partial charge in [0.1, 0.15) is 5.75 Å². The lowest BCUT2D eigenvalue weighted by molar-refractivity contribution is -0.114. The number of carbonyl (C=O) groups is 3. The van der Waals surface area contributed by atoms with Gasteiger partial charge >= 0.3 is 0 Å². The molecule has 0 aliphatic heterocycles. The first-order valence-corrected chi connectivity index (χ1v) is 12.1. The summed E-state index contributed by atoms with van der Waals surface area (Å²) in [6, 6.07) is 17.5. The van der Waals surface area contributed by atoms with Gasteiger partial charge in [-0.05, 0) is 24.6 Å². The van der Waals surface area contributed by atoms with Crippen molar-refractivity contribution >= 4 is 33.2 Å². The Morgan fingerprint density at radius 3 is 2.29 bits per heavy atom. The van der Waals surface area contributed by atoms with Gasteiger partial charge in [0.2, 0.25) is 15.9 Å². The van der Waals surface area contributed by atoms with Crippen molar-refractivity contribution in [3.8, 4) is 5.75 Å². The minimum Gasteiger partial charge on any atom is -0.493 e. The fourth-order valence-corrected chi connectivity index (χ4v) is 5.05. The van der Waals surface area contributed by atoms with Crippen molar-refractivity contribution in [2.75, 3.05) is 18.5 Å². The van der Waals surface area contributed by atoms with Crippen LogP contribution in [-0.2, 0) is 14.8 Å². The minimum atomic E-state index is -4.05. The Balaban J connectivity index is 1.43. The minimum absolute atomic E-state index is 0.0656. The number of fused-ring (bicyclic) bond motifs is 2. The highest BCUT2D eigenvalue weighted by Gasteiger charge is 2.34. The topological polar surface area (TPSA) is 119 Å². The zero-order valence-electron chi connectivity index (χ0n) is 18.3. The molecule has 0 atom stereocenters. The van der Waals surface area contributed by atoms with Crippen LogP contribution in [0.15, 0.2) is 71.6 Å². The number of anilines is 1. The van der Waals surface area contributed by atoms with Gasteiger partial charge in [-0.1, -0.05) is 42.5 Å². The van der Waals surface area contributed by atoms with Crippen LogP contribution in [0, 0.1) is 0 Å². The molecule has 0 aromatic heterocycles. The standard InChI is InChI=1S/C25H22N2O6S/c1-16(28)27-17-7-4-8-18(15-17)33-14-6-13-26-34(31,32)22-12-5-11-21-23(22)25(30)20-10-3-2-9-19(20)24(21)29/h2-5,7-12,15,26H,6,13-14H2,1H3,(H,27,28). The van der Waals surface area contributed by atoms with Crippen LogP contribution in [0.4, 0.5) is 5.69 Å². The van der Waals surface area contributed by atoms with Gasteiger partial charge in [0.05, 0.1) is 17.1 Å². The molecule has 3 aromatic carbocycles. The van der Waals surface area contributed by atoms with Crippen LogP contribution in [0.5, 0.6) is 5.75 Å². The second-order valence-electron chi connectivity index (χ2n) is 7.69. The summed E-state index contributed by atoms with van der Waals surface area (Å²) in [4.78, 5) is 36.8. The largest absolute Gasteiger partial charge is 0.493 e. The van der Waals surface area contributed by atoms with E-state index in [1.165, 1.54) is 31.2 Å². The number of ketones is 2. The van der Waals surface area contributed by atoms with Crippen molar-refractivity contribution in [1.82, 2.24) is 4.72 Å². The lowest BCUT2D eigenvalue weighted by Gasteiger charge is -2.20. The summed E-state index contributed by atoms with van der Waals surface area (Å²) in [7, 11) is -4.05. The molecule has 4 rings (SSSR count). The molecule has 0 heterocycles. The molecule has 0 saturated heterocycles. The molecule has 0 bridgehead atoms. The lowest BCUT2D eigenvalue weighted by atomic mass is 9.84. The molecule has 1 aliphatic carbocycles. The zero-order chi connectivity index (χ0) is 24.3. The highest BCUT2D eigenvalue weighted by atomic mass is 32.2. The van der Waals surface area contributed by atoms with Crippen molar-refractivity contribution in [1.29, 1.82) is 0 Å². The van der Waals surface area contributed by atoms with Gasteiger partial charge in [-0.15, -0.1) is 0 Å². The van der Waals surface area contributed by atoms with Crippen LogP contribution in [0.2, 0.25) is 0 Å². The van der Waals surface area contributed by atoms with Crippen molar-refractivity contribution in [2.45, 2.75) is 18.2 Å². The van der Waals surface area contributed by atoms with Crippen LogP contribution < -0.4 is 14.8 Å². The van der Waals surface area contributed by atoms with Crippen molar-refractivity contribution in [3.05, 3.63) is 89.0 Å². The normalized spacial score (nSPS) is 12.6. The van der Waals surface area contributed by atoms with E-state index in [0.717, 1.165) is 0 Å². The molecule has 0 fully saturated rings. The third kappa shape index (κ3) is 4.75. The van der Waals surface area contributed by atoms with Crippen LogP contribution in [0.3, 0.4) is 0 Å². The third-order valence-electron chi connectivity index (χ3n) is 5.24. The fraction of sp³-hybridized carbons (Fsp3) is 0.160. The lowest BCUT2D eigenvalue weighted by Crippen LogP contribution is -2.30. The highest BCUT2D eigenvalue weighted by Crippen LogP contribution is 2.31. The summed E-state index contributed by atoms with van der Waals surface area (Å²) >= 11 is 0. The molecular formula is C25H22N2O6S. The molecule has 0 spiro atoms. The molecule has 34 heavy (non-hydrogen) atoms. The van der Waals surface area contributed by atoms with Crippen LogP contribution in [0.1, 0.15) is 45.2 Å². The average molecular weight is 479 g/mol. The molecule has 2 N–H and O–H groups in total. The smallest absolute Gasteiger partial charge is 0.241 e. The van der Waals surface area contributed by atoms with Gasteiger partial charge in [0.15, 0.2) is 11.6 Å². The first-order valence-electron chi connectivity index (χ1n) is 10.6. The highest BCUT2D eigenvalue weighted by molar-refractivity contribution is 7.89. The summed E-state index contributed by atoms with van der Waals surface area (Å²) in [5.74, 6) is -0.530. The molecule has 0 unspecified atom stereocenters. The second kappa shape index (κ2) is 9.58. The van der Waals surface area contributed by atoms with Gasteiger partial charge in [0.25, 0.3) is 0 Å². The number of hydrogen-bond acceptors (Lipinski definition) is 6. The van der Waals surface area contributed by atoms with E-state index in [1.807, 2.05) is 0 Å². The SMILES string of the molecule is CC(=O)Nc1cccc(OCCCNS(=O)(=O)c2cccc3c2C(=O)c2ccccc2C3=O)c1. The molecule has 8 nitrogen and oxygen atoms in total. The Hall–Kier alpha value is -3.82. The Kier molecular flexibility index (Phi) is 6.58. The first kappa shape index (κ1) is 23.3. The number of amides is 1. The van der Waals surface area contributed by atoms with Crippen molar-refractivity contribution in [3.63, 3.8) is 0 Å². The summed E-state index contributed by atoms with van der Waals surface area (Å²) in [5.41, 5.74) is 1.03. The van der Waals surface area contributed by atoms with E-state index < -0.39 is 15.8 Å². The molecule has 1 amide bonds. The van der Waals surface area contributed by atoms with Crippen LogP contribution >= 0.6 is 0 Å². The zero-order valence-corrected chi connectivity index (χ0v) is 19.1. The van der Waals surface area contributed by atoms with Crippen LogP contribution in [0.25, 0.3) is 0 Å². The molecule has 0 radical (unpaired) electrons. The maximum absolute atomic E-state index is 13.1. The molecule has 0 saturated carbocycles. The van der Waals surface area contributed by atoms with Crippen LogP contribution in [-0.4, -0.2) is 39.0 Å². The van der Waals surface area contributed by atoms with Gasteiger partial charge in [-0.25, -0.2) is 13.1 Å². The molecule has 3 aromatic rings. The second-order valence-corrected chi connectivity index (χ2v) is 9.43. The van der Waals surface area contributed by atoms with Gasteiger partial charge < -0.3 is 10.1 Å². The Bertz CT molecular complexity index is 1400. The van der Waals surface area contributed by atoms with E-state index in [4.69, 9.17) is 4.74 Å². The number of hydrogen-bond donors (Lipinski definition) is 2. The Morgan fingerprint density at radius 2 is 1.56 bits per heavy atom. The van der Waals surface area contributed by atoms with E-state index in [1.54, 1.807) is 42.5 Å². The summed E-state index contributed by atoms with van der Waals surface area (Å²) < 4.78 is 34.1. The van der Waals surface area contributed by atoms with E-state index in [-0.39, 0.29) is 52.0 Å². The van der Waals surface area contributed by atoms with Crippen molar-refractivity contribution in [2.24, 2.45) is 0 Å². The number of ether oxygens (including phenoxy) is 1. The molecule has 9 heteroatoms. The molecule has 174 valence electrons.